The summed E-state index contributed by atoms with van der Waals surface area (Å²) in [6.07, 6.45) is 1.12. The Bertz CT molecular complexity index is 426. The van der Waals surface area contributed by atoms with Gasteiger partial charge >= 0.3 is 0 Å². The van der Waals surface area contributed by atoms with E-state index in [1.165, 1.54) is 0 Å². The van der Waals surface area contributed by atoms with Crippen LogP contribution < -0.4 is 0 Å². The quantitative estimate of drug-likeness (QED) is 0.847. The average molecular weight is 251 g/mol. The molecule has 3 heterocycles. The van der Waals surface area contributed by atoms with E-state index in [1.54, 1.807) is 0 Å². The molecule has 0 amide bonds. The lowest BCUT2D eigenvalue weighted by atomic mass is 9.84. The van der Waals surface area contributed by atoms with Gasteiger partial charge in [-0.1, -0.05) is 5.16 Å². The van der Waals surface area contributed by atoms with Gasteiger partial charge in [-0.05, 0) is 26.3 Å². The third kappa shape index (κ3) is 1.96. The van der Waals surface area contributed by atoms with Crippen LogP contribution in [0.2, 0.25) is 0 Å². The van der Waals surface area contributed by atoms with Crippen molar-refractivity contribution < 1.29 is 9.63 Å². The summed E-state index contributed by atoms with van der Waals surface area (Å²) in [5.74, 6) is 1.32. The highest BCUT2D eigenvalue weighted by Gasteiger charge is 2.51. The van der Waals surface area contributed by atoms with Gasteiger partial charge in [-0.2, -0.15) is 0 Å². The van der Waals surface area contributed by atoms with Crippen LogP contribution in [0, 0.1) is 12.8 Å². The van der Waals surface area contributed by atoms with Gasteiger partial charge in [0, 0.05) is 44.4 Å². The molecule has 0 bridgehead atoms. The Kier molecular flexibility index (Phi) is 2.92. The van der Waals surface area contributed by atoms with Crippen molar-refractivity contribution in [2.24, 2.45) is 5.92 Å². The summed E-state index contributed by atoms with van der Waals surface area (Å²) in [7, 11) is 2.17. The summed E-state index contributed by atoms with van der Waals surface area (Å²) in [5, 5.41) is 13.3. The third-order valence-electron chi connectivity index (χ3n) is 4.37. The fourth-order valence-electron chi connectivity index (χ4n) is 3.45. The van der Waals surface area contributed by atoms with Crippen molar-refractivity contribution >= 4 is 0 Å². The van der Waals surface area contributed by atoms with Crippen LogP contribution >= 0.6 is 0 Å². The summed E-state index contributed by atoms with van der Waals surface area (Å²) in [6.45, 7) is 6.28. The fourth-order valence-corrected chi connectivity index (χ4v) is 3.45. The molecular weight excluding hydrogens is 230 g/mol. The second-order valence-corrected chi connectivity index (χ2v) is 5.93. The van der Waals surface area contributed by atoms with E-state index in [0.29, 0.717) is 18.1 Å². The molecule has 0 aliphatic carbocycles. The van der Waals surface area contributed by atoms with Crippen molar-refractivity contribution in [1.82, 2.24) is 15.0 Å². The SMILES string of the molecule is Cc1cc(CN2CC3(CC(CO)CN3C)C2)no1. The Morgan fingerprint density at radius 1 is 1.56 bits per heavy atom. The molecule has 0 saturated carbocycles. The Morgan fingerprint density at radius 2 is 2.33 bits per heavy atom. The number of aromatic nitrogens is 1. The first-order valence-corrected chi connectivity index (χ1v) is 6.58. The molecular formula is C13H21N3O2. The highest BCUT2D eigenvalue weighted by molar-refractivity contribution is 5.11. The molecule has 1 unspecified atom stereocenters. The molecule has 2 saturated heterocycles. The van der Waals surface area contributed by atoms with Gasteiger partial charge < -0.3 is 9.63 Å². The van der Waals surface area contributed by atoms with Crippen molar-refractivity contribution in [3.8, 4) is 0 Å². The molecule has 0 aromatic carbocycles. The number of likely N-dealkylation sites (tertiary alicyclic amines) is 2. The predicted octanol–water partition coefficient (Wildman–Crippen LogP) is 0.481. The Morgan fingerprint density at radius 3 is 2.89 bits per heavy atom. The maximum Gasteiger partial charge on any atom is 0.133 e. The first-order valence-electron chi connectivity index (χ1n) is 6.58. The monoisotopic (exact) mass is 251 g/mol. The van der Waals surface area contributed by atoms with Gasteiger partial charge in [0.05, 0.1) is 5.69 Å². The number of aliphatic hydroxyl groups is 1. The number of rotatable bonds is 3. The van der Waals surface area contributed by atoms with Gasteiger partial charge in [0.25, 0.3) is 0 Å². The van der Waals surface area contributed by atoms with Crippen LogP contribution in [0.3, 0.4) is 0 Å². The van der Waals surface area contributed by atoms with E-state index in [9.17, 15) is 5.11 Å². The maximum absolute atomic E-state index is 9.28. The molecule has 2 fully saturated rings. The standard InChI is InChI=1S/C13H21N3O2/c1-10-3-12(14-18-10)6-16-8-13(9-16)4-11(7-17)5-15(13)2/h3,11,17H,4-9H2,1-2H3. The molecule has 1 atom stereocenters. The minimum atomic E-state index is 0.298. The van der Waals surface area contributed by atoms with Crippen molar-refractivity contribution in [2.75, 3.05) is 33.3 Å². The van der Waals surface area contributed by atoms with Crippen molar-refractivity contribution in [2.45, 2.75) is 25.4 Å². The van der Waals surface area contributed by atoms with Gasteiger partial charge in [-0.15, -0.1) is 0 Å². The molecule has 1 aromatic rings. The van der Waals surface area contributed by atoms with Crippen LogP contribution in [-0.4, -0.2) is 58.9 Å². The van der Waals surface area contributed by atoms with E-state index in [1.807, 2.05) is 13.0 Å². The molecule has 0 radical (unpaired) electrons. The average Bonchev–Trinajstić information content (AvgIpc) is 2.83. The van der Waals surface area contributed by atoms with Gasteiger partial charge in [-0.25, -0.2) is 0 Å². The molecule has 5 nitrogen and oxygen atoms in total. The molecule has 5 heteroatoms. The van der Waals surface area contributed by atoms with Crippen LogP contribution in [0.1, 0.15) is 17.9 Å². The third-order valence-corrected chi connectivity index (χ3v) is 4.37. The summed E-state index contributed by atoms with van der Waals surface area (Å²) in [4.78, 5) is 4.81. The molecule has 1 aromatic heterocycles. The van der Waals surface area contributed by atoms with E-state index in [2.05, 4.69) is 22.0 Å². The van der Waals surface area contributed by atoms with Crippen molar-refractivity contribution in [1.29, 1.82) is 0 Å². The first-order chi connectivity index (χ1) is 8.61. The topological polar surface area (TPSA) is 52.7 Å². The molecule has 1 N–H and O–H groups in total. The molecule has 3 rings (SSSR count). The number of aliphatic hydroxyl groups excluding tert-OH is 1. The van der Waals surface area contributed by atoms with Crippen molar-refractivity contribution in [3.63, 3.8) is 0 Å². The normalized spacial score (nSPS) is 27.8. The predicted molar refractivity (Wildman–Crippen MR) is 67.1 cm³/mol. The van der Waals surface area contributed by atoms with Crippen LogP contribution in [0.15, 0.2) is 10.6 Å². The molecule has 18 heavy (non-hydrogen) atoms. The first kappa shape index (κ1) is 12.1. The summed E-state index contributed by atoms with van der Waals surface area (Å²) in [6, 6.07) is 2.00. The number of hydrogen-bond acceptors (Lipinski definition) is 5. The molecule has 2 aliphatic heterocycles. The zero-order valence-electron chi connectivity index (χ0n) is 11.1. The zero-order valence-corrected chi connectivity index (χ0v) is 11.1. The van der Waals surface area contributed by atoms with Gasteiger partial charge in [0.2, 0.25) is 0 Å². The highest BCUT2D eigenvalue weighted by Crippen LogP contribution is 2.39. The minimum Gasteiger partial charge on any atom is -0.396 e. The number of aryl methyl sites for hydroxylation is 1. The summed E-state index contributed by atoms with van der Waals surface area (Å²) in [5.41, 5.74) is 1.31. The van der Waals surface area contributed by atoms with E-state index >= 15 is 0 Å². The van der Waals surface area contributed by atoms with Crippen molar-refractivity contribution in [3.05, 3.63) is 17.5 Å². The Hall–Kier alpha value is -0.910. The highest BCUT2D eigenvalue weighted by atomic mass is 16.5. The second-order valence-electron chi connectivity index (χ2n) is 5.93. The van der Waals surface area contributed by atoms with Crippen LogP contribution in [0.4, 0.5) is 0 Å². The second kappa shape index (κ2) is 4.33. The van der Waals surface area contributed by atoms with Crippen LogP contribution in [-0.2, 0) is 6.54 Å². The number of likely N-dealkylation sites (N-methyl/N-ethyl adjacent to an activating group) is 1. The smallest absolute Gasteiger partial charge is 0.133 e. The Labute approximate surface area is 107 Å². The largest absolute Gasteiger partial charge is 0.396 e. The molecule has 2 aliphatic rings. The molecule has 1 spiro atoms. The summed E-state index contributed by atoms with van der Waals surface area (Å²) < 4.78 is 5.09. The Balaban J connectivity index is 1.56. The lowest BCUT2D eigenvalue weighted by Gasteiger charge is -2.51. The van der Waals surface area contributed by atoms with E-state index < -0.39 is 0 Å². The van der Waals surface area contributed by atoms with Gasteiger partial charge in [0.1, 0.15) is 5.76 Å². The summed E-state index contributed by atoms with van der Waals surface area (Å²) >= 11 is 0. The maximum atomic E-state index is 9.28. The van der Waals surface area contributed by atoms with Crippen LogP contribution in [0.25, 0.3) is 0 Å². The lowest BCUT2D eigenvalue weighted by Crippen LogP contribution is -2.66. The van der Waals surface area contributed by atoms with Gasteiger partial charge in [0.15, 0.2) is 0 Å². The zero-order chi connectivity index (χ0) is 12.8. The molecule has 100 valence electrons. The lowest BCUT2D eigenvalue weighted by molar-refractivity contribution is -0.0233. The van der Waals surface area contributed by atoms with E-state index in [0.717, 1.165) is 44.1 Å². The van der Waals surface area contributed by atoms with E-state index in [4.69, 9.17) is 4.52 Å². The minimum absolute atomic E-state index is 0.298. The number of nitrogens with zero attached hydrogens (tertiary/aromatic N) is 3. The van der Waals surface area contributed by atoms with Gasteiger partial charge in [-0.3, -0.25) is 9.80 Å². The van der Waals surface area contributed by atoms with Crippen LogP contribution in [0.5, 0.6) is 0 Å². The van der Waals surface area contributed by atoms with E-state index in [-0.39, 0.29) is 0 Å². The fraction of sp³-hybridized carbons (Fsp3) is 0.769. The number of hydrogen-bond donors (Lipinski definition) is 1.